The van der Waals surface area contributed by atoms with Gasteiger partial charge in [-0.05, 0) is 113 Å². The first-order valence-electron chi connectivity index (χ1n) is 12.9. The highest BCUT2D eigenvalue weighted by Gasteiger charge is 2.28. The van der Waals surface area contributed by atoms with Gasteiger partial charge < -0.3 is 14.8 Å². The molecule has 1 N–H and O–H groups in total. The molecule has 1 aromatic carbocycles. The fraction of sp³-hybridized carbons (Fsp3) is 0.600. The molecule has 1 fully saturated rings. The van der Waals surface area contributed by atoms with E-state index < -0.39 is 5.60 Å². The maximum absolute atomic E-state index is 12.5. The molecule has 194 valence electrons. The van der Waals surface area contributed by atoms with E-state index in [1.807, 2.05) is 46.8 Å². The van der Waals surface area contributed by atoms with Crippen LogP contribution in [-0.2, 0) is 9.47 Å². The first-order valence-corrected chi connectivity index (χ1v) is 12.9. The molecule has 1 aliphatic rings. The monoisotopic (exact) mass is 483 g/mol. The van der Waals surface area contributed by atoms with E-state index in [4.69, 9.17) is 9.47 Å². The van der Waals surface area contributed by atoms with Gasteiger partial charge in [0.2, 0.25) is 0 Å². The van der Waals surface area contributed by atoms with E-state index in [-0.39, 0.29) is 18.1 Å². The predicted molar refractivity (Wildman–Crippen MR) is 144 cm³/mol. The molecule has 0 saturated heterocycles. The van der Waals surface area contributed by atoms with Gasteiger partial charge in [0.1, 0.15) is 5.60 Å². The van der Waals surface area contributed by atoms with Crippen LogP contribution in [0.4, 0.5) is 4.79 Å². The smallest absolute Gasteiger partial charge is 0.407 e. The number of allylic oxidation sites excluding steroid dienone is 3. The third kappa shape index (κ3) is 8.26. The quantitative estimate of drug-likeness (QED) is 0.306. The van der Waals surface area contributed by atoms with E-state index in [9.17, 15) is 9.59 Å². The van der Waals surface area contributed by atoms with Gasteiger partial charge in [0.05, 0.1) is 12.7 Å². The van der Waals surface area contributed by atoms with Crippen LogP contribution in [0.2, 0.25) is 0 Å². The number of hydrogen-bond acceptors (Lipinski definition) is 4. The molecule has 0 radical (unpaired) electrons. The van der Waals surface area contributed by atoms with Crippen LogP contribution >= 0.6 is 0 Å². The summed E-state index contributed by atoms with van der Waals surface area (Å²) in [4.78, 5) is 24.6. The maximum Gasteiger partial charge on any atom is 0.407 e. The van der Waals surface area contributed by atoms with Crippen LogP contribution < -0.4 is 5.32 Å². The number of alkyl carbamates (subject to hydrolysis) is 1. The molecule has 1 aromatic rings. The predicted octanol–water partition coefficient (Wildman–Crippen LogP) is 7.58. The van der Waals surface area contributed by atoms with Crippen LogP contribution in [0.3, 0.4) is 0 Å². The van der Waals surface area contributed by atoms with Crippen LogP contribution in [-0.4, -0.2) is 30.8 Å². The van der Waals surface area contributed by atoms with Crippen molar-refractivity contribution in [3.63, 3.8) is 0 Å². The van der Waals surface area contributed by atoms with E-state index in [2.05, 4.69) is 31.8 Å². The largest absolute Gasteiger partial charge is 0.465 e. The first kappa shape index (κ1) is 28.7. The second kappa shape index (κ2) is 12.4. The van der Waals surface area contributed by atoms with Crippen LogP contribution in [0.5, 0.6) is 0 Å². The molecule has 2 unspecified atom stereocenters. The SMILES string of the molecule is C=CC=C(C)c1cc(C(=O)OC)c(C)c(C(C)C(C)CC2CCC(NC(=O)OC(C)(C)C)CC2)c1. The van der Waals surface area contributed by atoms with Gasteiger partial charge in [0.15, 0.2) is 0 Å². The molecule has 5 heteroatoms. The van der Waals surface area contributed by atoms with Crippen LogP contribution in [0.25, 0.3) is 5.57 Å². The zero-order valence-corrected chi connectivity index (χ0v) is 23.0. The third-order valence-electron chi connectivity index (χ3n) is 7.29. The number of hydrogen-bond donors (Lipinski definition) is 1. The lowest BCUT2D eigenvalue weighted by atomic mass is 9.75. The summed E-state index contributed by atoms with van der Waals surface area (Å²) < 4.78 is 10.5. The number of rotatable bonds is 8. The van der Waals surface area contributed by atoms with E-state index in [0.29, 0.717) is 23.3 Å². The fourth-order valence-electron chi connectivity index (χ4n) is 5.09. The van der Waals surface area contributed by atoms with Crippen LogP contribution in [0.1, 0.15) is 107 Å². The van der Waals surface area contributed by atoms with E-state index in [1.54, 1.807) is 6.08 Å². The number of benzene rings is 1. The summed E-state index contributed by atoms with van der Waals surface area (Å²) in [7, 11) is 1.43. The molecule has 35 heavy (non-hydrogen) atoms. The molecular weight excluding hydrogens is 438 g/mol. The number of carbonyl (C=O) groups excluding carboxylic acids is 2. The summed E-state index contributed by atoms with van der Waals surface area (Å²) in [6.45, 7) is 18.1. The Bertz CT molecular complexity index is 932. The summed E-state index contributed by atoms with van der Waals surface area (Å²) in [5.41, 5.74) is 4.45. The molecule has 0 spiro atoms. The Morgan fingerprint density at radius 2 is 1.80 bits per heavy atom. The molecule has 1 aliphatic carbocycles. The van der Waals surface area contributed by atoms with Crippen molar-refractivity contribution in [1.82, 2.24) is 5.32 Å². The lowest BCUT2D eigenvalue weighted by Gasteiger charge is -2.33. The average molecular weight is 484 g/mol. The van der Waals surface area contributed by atoms with Gasteiger partial charge in [0, 0.05) is 6.04 Å². The minimum atomic E-state index is -0.476. The zero-order valence-electron chi connectivity index (χ0n) is 23.0. The molecule has 0 heterocycles. The normalized spacial score (nSPS) is 20.5. The van der Waals surface area contributed by atoms with Gasteiger partial charge in [-0.2, -0.15) is 0 Å². The standard InChI is InChI=1S/C30H45NO4/c1-10-11-19(2)24-17-26(22(5)27(18-24)28(32)34-9)21(4)20(3)16-23-12-14-25(15-13-23)31-29(33)35-30(6,7)8/h10-11,17-18,20-21,23,25H,1,12-16H2,2-9H3,(H,31,33). The Morgan fingerprint density at radius 3 is 2.34 bits per heavy atom. The highest BCUT2D eigenvalue weighted by molar-refractivity contribution is 5.92. The van der Waals surface area contributed by atoms with Gasteiger partial charge in [0.25, 0.3) is 0 Å². The van der Waals surface area contributed by atoms with E-state index in [1.165, 1.54) is 12.7 Å². The molecule has 1 saturated carbocycles. The number of amides is 1. The average Bonchev–Trinajstić information content (AvgIpc) is 2.78. The van der Waals surface area contributed by atoms with Gasteiger partial charge in [-0.1, -0.05) is 38.6 Å². The molecule has 1 amide bonds. The summed E-state index contributed by atoms with van der Waals surface area (Å²) in [6, 6.07) is 4.34. The third-order valence-corrected chi connectivity index (χ3v) is 7.29. The highest BCUT2D eigenvalue weighted by Crippen LogP contribution is 2.38. The first-order chi connectivity index (χ1) is 16.4. The Hall–Kier alpha value is -2.56. The molecule has 0 aliphatic heterocycles. The second-order valence-corrected chi connectivity index (χ2v) is 11.2. The summed E-state index contributed by atoms with van der Waals surface area (Å²) in [5, 5.41) is 3.04. The summed E-state index contributed by atoms with van der Waals surface area (Å²) in [5.74, 6) is 1.09. The van der Waals surface area contributed by atoms with Crippen molar-refractivity contribution in [2.24, 2.45) is 11.8 Å². The van der Waals surface area contributed by atoms with Crippen molar-refractivity contribution < 1.29 is 19.1 Å². The number of methoxy groups -OCH3 is 1. The van der Waals surface area contributed by atoms with Gasteiger partial charge in [-0.3, -0.25) is 0 Å². The van der Waals surface area contributed by atoms with Gasteiger partial charge in [-0.15, -0.1) is 0 Å². The topological polar surface area (TPSA) is 64.6 Å². The summed E-state index contributed by atoms with van der Waals surface area (Å²) >= 11 is 0. The second-order valence-electron chi connectivity index (χ2n) is 11.2. The van der Waals surface area contributed by atoms with Crippen molar-refractivity contribution in [3.8, 4) is 0 Å². The van der Waals surface area contributed by atoms with Crippen LogP contribution in [0.15, 0.2) is 30.9 Å². The Balaban J connectivity index is 2.09. The van der Waals surface area contributed by atoms with Gasteiger partial charge >= 0.3 is 12.1 Å². The number of carbonyl (C=O) groups is 2. The fourth-order valence-corrected chi connectivity index (χ4v) is 5.09. The molecule has 5 nitrogen and oxygen atoms in total. The Kier molecular flexibility index (Phi) is 10.2. The molecule has 2 rings (SSSR count). The Morgan fingerprint density at radius 1 is 1.17 bits per heavy atom. The minimum Gasteiger partial charge on any atom is -0.465 e. The van der Waals surface area contributed by atoms with Crippen molar-refractivity contribution in [2.45, 2.75) is 98.1 Å². The summed E-state index contributed by atoms with van der Waals surface area (Å²) in [6.07, 6.45) is 8.71. The highest BCUT2D eigenvalue weighted by atomic mass is 16.6. The molecular formula is C30H45NO4. The van der Waals surface area contributed by atoms with E-state index in [0.717, 1.165) is 48.8 Å². The minimum absolute atomic E-state index is 0.190. The zero-order chi connectivity index (χ0) is 26.3. The Labute approximate surface area is 212 Å². The molecule has 0 aromatic heterocycles. The number of esters is 1. The lowest BCUT2D eigenvalue weighted by Crippen LogP contribution is -2.41. The van der Waals surface area contributed by atoms with Crippen molar-refractivity contribution in [2.75, 3.05) is 7.11 Å². The van der Waals surface area contributed by atoms with Crippen molar-refractivity contribution >= 4 is 17.6 Å². The van der Waals surface area contributed by atoms with Gasteiger partial charge in [-0.25, -0.2) is 9.59 Å². The molecule has 2 atom stereocenters. The molecule has 0 bridgehead atoms. The lowest BCUT2D eigenvalue weighted by molar-refractivity contribution is 0.0484. The van der Waals surface area contributed by atoms with Crippen LogP contribution in [0, 0.1) is 18.8 Å². The number of ether oxygens (including phenoxy) is 2. The van der Waals surface area contributed by atoms with Crippen molar-refractivity contribution in [1.29, 1.82) is 0 Å². The van der Waals surface area contributed by atoms with Crippen molar-refractivity contribution in [3.05, 3.63) is 53.1 Å². The van der Waals surface area contributed by atoms with E-state index >= 15 is 0 Å². The maximum atomic E-state index is 12.5. The number of nitrogens with one attached hydrogen (secondary N) is 1.